The second-order valence-electron chi connectivity index (χ2n) is 18.3. The van der Waals surface area contributed by atoms with Gasteiger partial charge < -0.3 is 9.80 Å². The van der Waals surface area contributed by atoms with E-state index >= 15 is 0 Å². The lowest BCUT2D eigenvalue weighted by molar-refractivity contribution is -0.180. The Kier molecular flexibility index (Phi) is 8.19. The molecule has 0 bridgehead atoms. The van der Waals surface area contributed by atoms with Crippen molar-refractivity contribution in [2.45, 2.75) is 125 Å². The van der Waals surface area contributed by atoms with Crippen molar-refractivity contribution in [2.75, 3.05) is 26.2 Å². The first kappa shape index (κ1) is 33.5. The fourth-order valence-corrected chi connectivity index (χ4v) is 14.4. The van der Waals surface area contributed by atoms with Gasteiger partial charge in [0, 0.05) is 30.5 Å². The molecule has 5 nitrogen and oxygen atoms in total. The Balaban J connectivity index is 1.23. The Labute approximate surface area is 292 Å². The van der Waals surface area contributed by atoms with E-state index in [1.807, 2.05) is 11.8 Å². The largest absolute Gasteiger partial charge is 0.342 e. The molecular formula is C40H59IN2O3. The zero-order valence-corrected chi connectivity index (χ0v) is 31.9. The van der Waals surface area contributed by atoms with Gasteiger partial charge in [-0.3, -0.25) is 14.4 Å². The fourth-order valence-electron chi connectivity index (χ4n) is 13.1. The Morgan fingerprint density at radius 1 is 0.848 bits per heavy atom. The molecule has 0 aromatic rings. The Morgan fingerprint density at radius 2 is 1.52 bits per heavy atom. The molecule has 6 heteroatoms. The number of ketones is 2. The van der Waals surface area contributed by atoms with Crippen LogP contribution >= 0.6 is 22.6 Å². The smallest absolute Gasteiger partial charge is 0.236 e. The van der Waals surface area contributed by atoms with Crippen LogP contribution in [0.3, 0.4) is 0 Å². The lowest BCUT2D eigenvalue weighted by Gasteiger charge is -2.69. The third-order valence-corrected chi connectivity index (χ3v) is 17.0. The molecule has 7 rings (SSSR count). The summed E-state index contributed by atoms with van der Waals surface area (Å²) in [5.41, 5.74) is -0.267. The molecule has 2 heterocycles. The fraction of sp³-hybridized carbons (Fsp3) is 0.825. The predicted octanol–water partition coefficient (Wildman–Crippen LogP) is 8.41. The van der Waals surface area contributed by atoms with E-state index in [0.29, 0.717) is 27.4 Å². The van der Waals surface area contributed by atoms with E-state index in [4.69, 9.17) is 0 Å². The van der Waals surface area contributed by atoms with E-state index in [2.05, 4.69) is 81.2 Å². The van der Waals surface area contributed by atoms with Crippen molar-refractivity contribution in [3.8, 4) is 0 Å². The van der Waals surface area contributed by atoms with E-state index in [-0.39, 0.29) is 45.6 Å². The number of Topliss-reactive ketones (excluding diaryl/α,β-unsaturated/α-hetero) is 1. The number of carbonyl (C=O) groups excluding carboxylic acids is 3. The van der Waals surface area contributed by atoms with Crippen LogP contribution in [0.4, 0.5) is 0 Å². The van der Waals surface area contributed by atoms with Crippen molar-refractivity contribution >= 4 is 40.1 Å². The maximum atomic E-state index is 14.8. The Hall–Kier alpha value is -1.02. The monoisotopic (exact) mass is 742 g/mol. The van der Waals surface area contributed by atoms with Crippen molar-refractivity contribution in [2.24, 2.45) is 56.7 Å². The van der Waals surface area contributed by atoms with Crippen LogP contribution in [0.1, 0.15) is 119 Å². The van der Waals surface area contributed by atoms with Gasteiger partial charge in [-0.15, -0.1) is 0 Å². The van der Waals surface area contributed by atoms with Gasteiger partial charge >= 0.3 is 0 Å². The number of piperidine rings is 2. The first-order valence-electron chi connectivity index (χ1n) is 18.8. The van der Waals surface area contributed by atoms with Crippen molar-refractivity contribution in [1.82, 2.24) is 9.80 Å². The molecule has 7 aliphatic rings. The molecule has 1 amide bonds. The van der Waals surface area contributed by atoms with E-state index in [9.17, 15) is 14.4 Å². The molecule has 2 saturated heterocycles. The summed E-state index contributed by atoms with van der Waals surface area (Å²) < 4.78 is 0.651. The molecule has 0 aromatic carbocycles. The van der Waals surface area contributed by atoms with Gasteiger partial charge in [0.25, 0.3) is 0 Å². The van der Waals surface area contributed by atoms with Crippen molar-refractivity contribution in [3.63, 3.8) is 0 Å². The summed E-state index contributed by atoms with van der Waals surface area (Å²) in [6.07, 6.45) is 16.7. The van der Waals surface area contributed by atoms with E-state index in [0.717, 1.165) is 45.2 Å². The van der Waals surface area contributed by atoms with Gasteiger partial charge in [0.15, 0.2) is 11.6 Å². The molecule has 5 aliphatic carbocycles. The maximum absolute atomic E-state index is 14.8. The molecule has 0 N–H and O–H groups in total. The summed E-state index contributed by atoms with van der Waals surface area (Å²) in [5.74, 6) is 1.52. The topological polar surface area (TPSA) is 57.7 Å². The van der Waals surface area contributed by atoms with Crippen LogP contribution in [0.2, 0.25) is 0 Å². The summed E-state index contributed by atoms with van der Waals surface area (Å²) >= 11 is 2.20. The number of hydrogen-bond donors (Lipinski definition) is 0. The number of halogens is 1. The van der Waals surface area contributed by atoms with Crippen LogP contribution in [-0.4, -0.2) is 59.5 Å². The van der Waals surface area contributed by atoms with Crippen molar-refractivity contribution in [3.05, 3.63) is 21.3 Å². The van der Waals surface area contributed by atoms with Crippen LogP contribution in [0, 0.1) is 56.7 Å². The summed E-state index contributed by atoms with van der Waals surface area (Å²) in [5, 5.41) is 0. The summed E-state index contributed by atoms with van der Waals surface area (Å²) in [6, 6.07) is 0.550. The molecule has 46 heavy (non-hydrogen) atoms. The van der Waals surface area contributed by atoms with E-state index < -0.39 is 10.8 Å². The summed E-state index contributed by atoms with van der Waals surface area (Å²) in [4.78, 5) is 48.5. The molecule has 0 spiro atoms. The number of rotatable bonds is 2. The van der Waals surface area contributed by atoms with Gasteiger partial charge in [-0.1, -0.05) is 59.6 Å². The van der Waals surface area contributed by atoms with Crippen LogP contribution in [0.25, 0.3) is 0 Å². The number of allylic oxidation sites excluding steroid dienone is 4. The third kappa shape index (κ3) is 4.48. The number of fused-ring (bicyclic) bond motifs is 7. The molecule has 0 unspecified atom stereocenters. The number of carbonyl (C=O) groups is 3. The maximum Gasteiger partial charge on any atom is 0.236 e. The molecule has 0 aromatic heterocycles. The average molecular weight is 743 g/mol. The third-order valence-electron chi connectivity index (χ3n) is 16.2. The first-order chi connectivity index (χ1) is 21.6. The molecular weight excluding hydrogens is 683 g/mol. The number of nitrogens with zero attached hydrogens (tertiary/aromatic N) is 2. The van der Waals surface area contributed by atoms with Gasteiger partial charge in [0.05, 0.1) is 3.58 Å². The average Bonchev–Trinajstić information content (AvgIpc) is 3.03. The van der Waals surface area contributed by atoms with Gasteiger partial charge in [-0.05, 0) is 153 Å². The Bertz CT molecular complexity index is 1370. The highest BCUT2D eigenvalue weighted by Gasteiger charge is 2.72. The number of likely N-dealkylation sites (tertiary alicyclic amines) is 2. The molecule has 3 saturated carbocycles. The second-order valence-corrected chi connectivity index (χ2v) is 19.5. The molecule has 0 radical (unpaired) electrons. The quantitative estimate of drug-likeness (QED) is 0.211. The zero-order valence-electron chi connectivity index (χ0n) is 29.7. The van der Waals surface area contributed by atoms with Crippen LogP contribution < -0.4 is 0 Å². The van der Waals surface area contributed by atoms with Crippen LogP contribution in [-0.2, 0) is 14.4 Å². The minimum atomic E-state index is -1.14. The minimum Gasteiger partial charge on any atom is -0.342 e. The van der Waals surface area contributed by atoms with E-state index in [1.165, 1.54) is 57.2 Å². The number of amides is 1. The number of hydrogen-bond acceptors (Lipinski definition) is 4. The van der Waals surface area contributed by atoms with Gasteiger partial charge in [-0.2, -0.15) is 0 Å². The minimum absolute atomic E-state index is 0.0147. The lowest BCUT2D eigenvalue weighted by Crippen LogP contribution is -2.68. The van der Waals surface area contributed by atoms with Crippen LogP contribution in [0.15, 0.2) is 21.3 Å². The Morgan fingerprint density at radius 3 is 2.20 bits per heavy atom. The van der Waals surface area contributed by atoms with E-state index in [1.54, 1.807) is 0 Å². The van der Waals surface area contributed by atoms with Gasteiger partial charge in [0.1, 0.15) is 5.41 Å². The van der Waals surface area contributed by atoms with Crippen molar-refractivity contribution < 1.29 is 14.4 Å². The van der Waals surface area contributed by atoms with Crippen molar-refractivity contribution in [1.29, 1.82) is 0 Å². The summed E-state index contributed by atoms with van der Waals surface area (Å²) in [6.45, 7) is 20.3. The van der Waals surface area contributed by atoms with Crippen LogP contribution in [0.5, 0.6) is 0 Å². The molecule has 254 valence electrons. The second kappa shape index (κ2) is 11.3. The van der Waals surface area contributed by atoms with Gasteiger partial charge in [-0.25, -0.2) is 0 Å². The zero-order chi connectivity index (χ0) is 33.0. The summed E-state index contributed by atoms with van der Waals surface area (Å²) in [7, 11) is 0. The highest BCUT2D eigenvalue weighted by molar-refractivity contribution is 14.1. The molecule has 2 aliphatic heterocycles. The first-order valence-corrected chi connectivity index (χ1v) is 19.9. The van der Waals surface area contributed by atoms with Gasteiger partial charge in [0.2, 0.25) is 5.91 Å². The lowest BCUT2D eigenvalue weighted by atomic mass is 9.34. The molecule has 10 atom stereocenters. The standard InChI is InChI=1S/C40H59IN2O3/c1-25-11-15-36(3)17-18-38(5)28(32(36)26(25)2)23-30(44)33-37(4)24-29(41)34(45)40(7,31(37)12-16-39(33,38)6)35(46)43-21-13-27(14-22-43)42-19-9-8-10-20-42/h23-27,31-33H,8-22H2,1-7H3/t25-,26+,31-,32+,33-,36-,37+,38-,39-,40-/m1/s1. The molecule has 5 fully saturated rings. The highest BCUT2D eigenvalue weighted by Crippen LogP contribution is 2.74. The highest BCUT2D eigenvalue weighted by atomic mass is 127. The normalized spacial score (nSPS) is 48.4. The predicted molar refractivity (Wildman–Crippen MR) is 192 cm³/mol. The SMILES string of the molecule is C[C@H]1[C@H](C)CC[C@]2(C)CC[C@]3(C)C(=CC(=O)[C@@H]4[C@@]5(C)C=C(I)C(=O)[C@](C)(C(=O)N6CCC(N7CCCCC7)CC6)[C@@H]5CC[C@]43C)[C@H]12.